The Morgan fingerprint density at radius 1 is 1.21 bits per heavy atom. The highest BCUT2D eigenvalue weighted by molar-refractivity contribution is 8.26. The number of ether oxygens (including phenoxy) is 2. The highest BCUT2D eigenvalue weighted by Gasteiger charge is 2.31. The lowest BCUT2D eigenvalue weighted by Gasteiger charge is -2.13. The maximum absolute atomic E-state index is 12.5. The van der Waals surface area contributed by atoms with Crippen LogP contribution in [0.4, 0.5) is 0 Å². The second kappa shape index (κ2) is 9.67. The van der Waals surface area contributed by atoms with Crippen molar-refractivity contribution < 1.29 is 14.3 Å². The van der Waals surface area contributed by atoms with Crippen molar-refractivity contribution >= 4 is 63.5 Å². The molecule has 1 saturated heterocycles. The summed E-state index contributed by atoms with van der Waals surface area (Å²) in [4.78, 5) is 14.6. The van der Waals surface area contributed by atoms with Gasteiger partial charge in [0.05, 0.1) is 12.0 Å². The lowest BCUT2D eigenvalue weighted by Crippen LogP contribution is -2.27. The molecule has 1 aliphatic rings. The third kappa shape index (κ3) is 5.14. The van der Waals surface area contributed by atoms with Crippen LogP contribution < -0.4 is 9.47 Å². The van der Waals surface area contributed by atoms with Gasteiger partial charge >= 0.3 is 0 Å². The monoisotopic (exact) mass is 465 g/mol. The maximum Gasteiger partial charge on any atom is 0.266 e. The van der Waals surface area contributed by atoms with Gasteiger partial charge in [-0.25, -0.2) is 0 Å². The normalized spacial score (nSPS) is 15.1. The number of methoxy groups -OCH3 is 1. The Morgan fingerprint density at radius 3 is 2.69 bits per heavy atom. The average Bonchev–Trinajstić information content (AvgIpc) is 2.95. The van der Waals surface area contributed by atoms with E-state index < -0.39 is 0 Å². The average molecular weight is 466 g/mol. The highest BCUT2D eigenvalue weighted by atomic mass is 35.5. The second-order valence-corrected chi connectivity index (χ2v) is 8.54. The molecule has 0 atom stereocenters. The van der Waals surface area contributed by atoms with Gasteiger partial charge < -0.3 is 9.47 Å². The number of carbonyl (C=O) groups is 1. The molecular formula is C21H17Cl2NO3S2. The quantitative estimate of drug-likeness (QED) is 0.286. The number of nitrogens with zero attached hydrogens (tertiary/aromatic N) is 1. The molecule has 0 radical (unpaired) electrons. The van der Waals surface area contributed by atoms with Gasteiger partial charge in [0.2, 0.25) is 0 Å². The van der Waals surface area contributed by atoms with E-state index in [1.54, 1.807) is 37.5 Å². The zero-order valence-electron chi connectivity index (χ0n) is 15.5. The first-order valence-corrected chi connectivity index (χ1v) is 10.5. The van der Waals surface area contributed by atoms with Crippen molar-refractivity contribution in [3.8, 4) is 11.5 Å². The minimum Gasteiger partial charge on any atom is -0.493 e. The van der Waals surface area contributed by atoms with E-state index >= 15 is 0 Å². The molecule has 2 aromatic carbocycles. The van der Waals surface area contributed by atoms with Crippen LogP contribution in [0.1, 0.15) is 11.1 Å². The summed E-state index contributed by atoms with van der Waals surface area (Å²) in [5.41, 5.74) is 1.59. The molecule has 0 bridgehead atoms. The van der Waals surface area contributed by atoms with Gasteiger partial charge in [0.1, 0.15) is 10.9 Å². The first kappa shape index (κ1) is 21.7. The van der Waals surface area contributed by atoms with E-state index in [-0.39, 0.29) is 12.5 Å². The summed E-state index contributed by atoms with van der Waals surface area (Å²) >= 11 is 18.7. The molecule has 0 N–H and O–H groups in total. The predicted octanol–water partition coefficient (Wildman–Crippen LogP) is 5.97. The molecule has 3 rings (SSSR count). The summed E-state index contributed by atoms with van der Waals surface area (Å²) in [6.07, 6.45) is 3.43. The van der Waals surface area contributed by atoms with E-state index in [0.29, 0.717) is 37.3 Å². The number of thiocarbonyl (C=S) groups is 1. The van der Waals surface area contributed by atoms with E-state index in [2.05, 4.69) is 6.58 Å². The number of halogens is 2. The number of amides is 1. The smallest absolute Gasteiger partial charge is 0.266 e. The summed E-state index contributed by atoms with van der Waals surface area (Å²) in [5, 5.41) is 1.09. The van der Waals surface area contributed by atoms with Gasteiger partial charge in [-0.1, -0.05) is 65.4 Å². The molecular weight excluding hydrogens is 449 g/mol. The van der Waals surface area contributed by atoms with Crippen LogP contribution in [0.15, 0.2) is 54.0 Å². The van der Waals surface area contributed by atoms with E-state index in [0.717, 1.165) is 11.1 Å². The summed E-state index contributed by atoms with van der Waals surface area (Å²) in [5.74, 6) is 0.978. The van der Waals surface area contributed by atoms with Crippen molar-refractivity contribution in [2.24, 2.45) is 0 Å². The zero-order chi connectivity index (χ0) is 21.0. The summed E-state index contributed by atoms with van der Waals surface area (Å²) < 4.78 is 11.8. The Bertz CT molecular complexity index is 1010. The Labute approximate surface area is 189 Å². The van der Waals surface area contributed by atoms with Crippen molar-refractivity contribution in [1.29, 1.82) is 0 Å². The molecule has 1 heterocycles. The molecule has 1 fully saturated rings. The van der Waals surface area contributed by atoms with E-state index in [1.165, 1.54) is 16.7 Å². The van der Waals surface area contributed by atoms with Gasteiger partial charge in [0.15, 0.2) is 11.5 Å². The molecule has 0 spiro atoms. The molecule has 1 amide bonds. The molecule has 150 valence electrons. The molecule has 8 heteroatoms. The van der Waals surface area contributed by atoms with Crippen molar-refractivity contribution in [3.63, 3.8) is 0 Å². The van der Waals surface area contributed by atoms with Crippen LogP contribution in [0.5, 0.6) is 11.5 Å². The molecule has 1 aliphatic heterocycles. The molecule has 0 aromatic heterocycles. The van der Waals surface area contributed by atoms with Crippen LogP contribution >= 0.6 is 47.2 Å². The van der Waals surface area contributed by atoms with Gasteiger partial charge in [0, 0.05) is 22.2 Å². The molecule has 29 heavy (non-hydrogen) atoms. The van der Waals surface area contributed by atoms with Gasteiger partial charge in [-0.15, -0.1) is 6.58 Å². The Balaban J connectivity index is 1.82. The SMILES string of the molecule is C=CCN1C(=O)/C(=C/c2ccc(OC)c(OCc3ccc(Cl)cc3Cl)c2)SC1=S. The van der Waals surface area contributed by atoms with Crippen molar-refractivity contribution in [2.75, 3.05) is 13.7 Å². The standard InChI is InChI=1S/C21H17Cl2NO3S2/c1-3-8-24-20(25)19(29-21(24)28)10-13-4-7-17(26-2)18(9-13)27-12-14-5-6-15(22)11-16(14)23/h3-7,9-11H,1,8,12H2,2H3/b19-10-. The lowest BCUT2D eigenvalue weighted by atomic mass is 10.1. The first-order valence-electron chi connectivity index (χ1n) is 8.54. The third-order valence-corrected chi connectivity index (χ3v) is 6.03. The van der Waals surface area contributed by atoms with E-state index in [9.17, 15) is 4.79 Å². The zero-order valence-corrected chi connectivity index (χ0v) is 18.6. The summed E-state index contributed by atoms with van der Waals surface area (Å²) in [6, 6.07) is 10.7. The predicted molar refractivity (Wildman–Crippen MR) is 124 cm³/mol. The minimum absolute atomic E-state index is 0.133. The van der Waals surface area contributed by atoms with Gasteiger partial charge in [-0.3, -0.25) is 9.69 Å². The lowest BCUT2D eigenvalue weighted by molar-refractivity contribution is -0.121. The number of hydrogen-bond acceptors (Lipinski definition) is 5. The fraction of sp³-hybridized carbons (Fsp3) is 0.143. The van der Waals surface area contributed by atoms with Crippen molar-refractivity contribution in [3.05, 3.63) is 75.1 Å². The number of thioether (sulfide) groups is 1. The molecule has 0 unspecified atom stereocenters. The fourth-order valence-corrected chi connectivity index (χ4v) is 4.37. The van der Waals surface area contributed by atoms with Crippen LogP contribution in [0.3, 0.4) is 0 Å². The number of rotatable bonds is 7. The van der Waals surface area contributed by atoms with Crippen molar-refractivity contribution in [2.45, 2.75) is 6.61 Å². The Hall–Kier alpha value is -1.99. The highest BCUT2D eigenvalue weighted by Crippen LogP contribution is 2.35. The van der Waals surface area contributed by atoms with Gasteiger partial charge in [0.25, 0.3) is 5.91 Å². The Morgan fingerprint density at radius 2 is 2.00 bits per heavy atom. The maximum atomic E-state index is 12.5. The summed E-state index contributed by atoms with van der Waals surface area (Å²) in [7, 11) is 1.57. The topological polar surface area (TPSA) is 38.8 Å². The van der Waals surface area contributed by atoms with Gasteiger partial charge in [-0.2, -0.15) is 0 Å². The number of carbonyl (C=O) groups excluding carboxylic acids is 1. The third-order valence-electron chi connectivity index (χ3n) is 4.07. The fourth-order valence-electron chi connectivity index (χ4n) is 2.63. The number of hydrogen-bond donors (Lipinski definition) is 0. The second-order valence-electron chi connectivity index (χ2n) is 6.02. The van der Waals surface area contributed by atoms with E-state index in [4.69, 9.17) is 44.9 Å². The van der Waals surface area contributed by atoms with Gasteiger partial charge in [-0.05, 0) is 35.9 Å². The molecule has 4 nitrogen and oxygen atoms in total. The van der Waals surface area contributed by atoms with Crippen LogP contribution in [0.25, 0.3) is 6.08 Å². The van der Waals surface area contributed by atoms with Crippen LogP contribution in [-0.4, -0.2) is 28.8 Å². The largest absolute Gasteiger partial charge is 0.493 e. The Kier molecular flexibility index (Phi) is 7.24. The van der Waals surface area contributed by atoms with Crippen molar-refractivity contribution in [1.82, 2.24) is 4.90 Å². The number of benzene rings is 2. The molecule has 0 saturated carbocycles. The first-order chi connectivity index (χ1) is 13.9. The van der Waals surface area contributed by atoms with Crippen LogP contribution in [-0.2, 0) is 11.4 Å². The molecule has 2 aromatic rings. The minimum atomic E-state index is -0.133. The summed E-state index contributed by atoms with van der Waals surface area (Å²) in [6.45, 7) is 4.30. The van der Waals surface area contributed by atoms with Crippen LogP contribution in [0.2, 0.25) is 10.0 Å². The van der Waals surface area contributed by atoms with E-state index in [1.807, 2.05) is 18.2 Å². The van der Waals surface area contributed by atoms with Crippen LogP contribution in [0, 0.1) is 0 Å². The molecule has 0 aliphatic carbocycles.